The van der Waals surface area contributed by atoms with Gasteiger partial charge in [0.15, 0.2) is 0 Å². The highest BCUT2D eigenvalue weighted by molar-refractivity contribution is 6.10. The maximum atomic E-state index is 13.2. The number of aryl methyl sites for hydroxylation is 1. The summed E-state index contributed by atoms with van der Waals surface area (Å²) in [7, 11) is 4.76. The van der Waals surface area contributed by atoms with Crippen molar-refractivity contribution in [1.82, 2.24) is 0 Å². The molecule has 1 amide bonds. The minimum Gasteiger partial charge on any atom is -0.497 e. The van der Waals surface area contributed by atoms with Gasteiger partial charge in [0.2, 0.25) is 0 Å². The van der Waals surface area contributed by atoms with E-state index in [1.54, 1.807) is 38.4 Å². The molecule has 0 spiro atoms. The van der Waals surface area contributed by atoms with Gasteiger partial charge in [-0.05, 0) is 48.7 Å². The van der Waals surface area contributed by atoms with E-state index in [2.05, 4.69) is 0 Å². The molecule has 0 saturated carbocycles. The van der Waals surface area contributed by atoms with Crippen molar-refractivity contribution < 1.29 is 19.0 Å². The molecule has 1 aliphatic rings. The first-order chi connectivity index (χ1) is 11.7. The van der Waals surface area contributed by atoms with Crippen molar-refractivity contribution >= 4 is 11.6 Å². The first kappa shape index (κ1) is 16.2. The lowest BCUT2D eigenvalue weighted by Crippen LogP contribution is -2.35. The summed E-state index contributed by atoms with van der Waals surface area (Å²) in [5.41, 5.74) is 2.48. The van der Waals surface area contributed by atoms with E-state index in [1.165, 1.54) is 0 Å². The van der Waals surface area contributed by atoms with Crippen LogP contribution >= 0.6 is 0 Å². The standard InChI is InChI=1S/C19H21NO4/c1-22-14-9-10-15-13(12-14)6-5-11-20(15)19(21)18-16(23-2)7-4-8-17(18)24-3/h4,7-10,12H,5-6,11H2,1-3H3. The summed E-state index contributed by atoms with van der Waals surface area (Å²) >= 11 is 0. The van der Waals surface area contributed by atoms with E-state index in [-0.39, 0.29) is 5.91 Å². The van der Waals surface area contributed by atoms with Crippen molar-refractivity contribution in [3.63, 3.8) is 0 Å². The van der Waals surface area contributed by atoms with Crippen LogP contribution in [0.2, 0.25) is 0 Å². The van der Waals surface area contributed by atoms with Crippen LogP contribution in [0.1, 0.15) is 22.3 Å². The van der Waals surface area contributed by atoms with Crippen molar-refractivity contribution in [3.8, 4) is 17.2 Å². The number of nitrogens with zero attached hydrogens (tertiary/aromatic N) is 1. The zero-order chi connectivity index (χ0) is 17.1. The van der Waals surface area contributed by atoms with Crippen LogP contribution in [0.3, 0.4) is 0 Å². The van der Waals surface area contributed by atoms with Crippen LogP contribution < -0.4 is 19.1 Å². The highest BCUT2D eigenvalue weighted by Gasteiger charge is 2.28. The summed E-state index contributed by atoms with van der Waals surface area (Å²) in [6.45, 7) is 0.666. The maximum Gasteiger partial charge on any atom is 0.265 e. The average Bonchev–Trinajstić information content (AvgIpc) is 2.65. The van der Waals surface area contributed by atoms with E-state index in [0.29, 0.717) is 23.6 Å². The molecule has 1 aliphatic heterocycles. The van der Waals surface area contributed by atoms with Gasteiger partial charge < -0.3 is 19.1 Å². The van der Waals surface area contributed by atoms with Gasteiger partial charge in [0.1, 0.15) is 22.8 Å². The second-order valence-electron chi connectivity index (χ2n) is 5.59. The topological polar surface area (TPSA) is 48.0 Å². The van der Waals surface area contributed by atoms with Crippen LogP contribution in [0, 0.1) is 0 Å². The first-order valence-electron chi connectivity index (χ1n) is 7.89. The lowest BCUT2D eigenvalue weighted by Gasteiger charge is -2.30. The molecule has 2 aromatic rings. The number of anilines is 1. The average molecular weight is 327 g/mol. The molecule has 5 heteroatoms. The molecule has 5 nitrogen and oxygen atoms in total. The fraction of sp³-hybridized carbons (Fsp3) is 0.316. The summed E-state index contributed by atoms with van der Waals surface area (Å²) in [6, 6.07) is 11.2. The zero-order valence-corrected chi connectivity index (χ0v) is 14.2. The summed E-state index contributed by atoms with van der Waals surface area (Å²) in [5, 5.41) is 0. The third kappa shape index (κ3) is 2.77. The van der Waals surface area contributed by atoms with Gasteiger partial charge in [-0.2, -0.15) is 0 Å². The SMILES string of the molecule is COc1ccc2c(c1)CCCN2C(=O)c1c(OC)cccc1OC. The Morgan fingerprint density at radius 3 is 2.33 bits per heavy atom. The van der Waals surface area contributed by atoms with Crippen molar-refractivity contribution in [2.75, 3.05) is 32.8 Å². The molecular weight excluding hydrogens is 306 g/mol. The van der Waals surface area contributed by atoms with Crippen molar-refractivity contribution in [2.45, 2.75) is 12.8 Å². The third-order valence-electron chi connectivity index (χ3n) is 4.29. The molecule has 24 heavy (non-hydrogen) atoms. The highest BCUT2D eigenvalue weighted by atomic mass is 16.5. The van der Waals surface area contributed by atoms with Gasteiger partial charge in [-0.15, -0.1) is 0 Å². The molecule has 0 fully saturated rings. The lowest BCUT2D eigenvalue weighted by molar-refractivity contribution is 0.0979. The van der Waals surface area contributed by atoms with Crippen LogP contribution in [0.15, 0.2) is 36.4 Å². The Balaban J connectivity index is 2.04. The van der Waals surface area contributed by atoms with Crippen LogP contribution in [-0.2, 0) is 6.42 Å². The van der Waals surface area contributed by atoms with Gasteiger partial charge in [-0.25, -0.2) is 0 Å². The molecule has 0 aliphatic carbocycles. The summed E-state index contributed by atoms with van der Waals surface area (Å²) in [6.07, 6.45) is 1.84. The number of methoxy groups -OCH3 is 3. The number of ether oxygens (including phenoxy) is 3. The fourth-order valence-electron chi connectivity index (χ4n) is 3.11. The second kappa shape index (κ2) is 6.83. The molecule has 0 N–H and O–H groups in total. The van der Waals surface area contributed by atoms with Crippen LogP contribution in [0.4, 0.5) is 5.69 Å². The monoisotopic (exact) mass is 327 g/mol. The van der Waals surface area contributed by atoms with E-state index in [4.69, 9.17) is 14.2 Å². The zero-order valence-electron chi connectivity index (χ0n) is 14.2. The minimum absolute atomic E-state index is 0.115. The maximum absolute atomic E-state index is 13.2. The van der Waals surface area contributed by atoms with E-state index < -0.39 is 0 Å². The number of rotatable bonds is 4. The molecule has 0 radical (unpaired) electrons. The second-order valence-corrected chi connectivity index (χ2v) is 5.59. The first-order valence-corrected chi connectivity index (χ1v) is 7.89. The van der Waals surface area contributed by atoms with E-state index in [1.807, 2.05) is 24.3 Å². The number of benzene rings is 2. The number of fused-ring (bicyclic) bond motifs is 1. The van der Waals surface area contributed by atoms with Crippen LogP contribution in [0.5, 0.6) is 17.2 Å². The fourth-order valence-corrected chi connectivity index (χ4v) is 3.11. The number of hydrogen-bond acceptors (Lipinski definition) is 4. The molecule has 126 valence electrons. The lowest BCUT2D eigenvalue weighted by atomic mass is 10.00. The quantitative estimate of drug-likeness (QED) is 0.864. The number of carbonyl (C=O) groups excluding carboxylic acids is 1. The van der Waals surface area contributed by atoms with Crippen LogP contribution in [-0.4, -0.2) is 33.8 Å². The largest absolute Gasteiger partial charge is 0.497 e. The molecule has 0 atom stereocenters. The van der Waals surface area contributed by atoms with Crippen molar-refractivity contribution in [1.29, 1.82) is 0 Å². The van der Waals surface area contributed by atoms with Crippen molar-refractivity contribution in [3.05, 3.63) is 47.5 Å². The Kier molecular flexibility index (Phi) is 4.60. The van der Waals surface area contributed by atoms with Gasteiger partial charge in [0.05, 0.1) is 21.3 Å². The Morgan fingerprint density at radius 2 is 1.71 bits per heavy atom. The Morgan fingerprint density at radius 1 is 1.00 bits per heavy atom. The Labute approximate surface area is 141 Å². The molecule has 3 rings (SSSR count). The van der Waals surface area contributed by atoms with Gasteiger partial charge in [-0.3, -0.25) is 4.79 Å². The van der Waals surface area contributed by atoms with Gasteiger partial charge >= 0.3 is 0 Å². The molecule has 0 saturated heterocycles. The normalized spacial score (nSPS) is 13.2. The predicted octanol–water partition coefficient (Wildman–Crippen LogP) is 3.31. The summed E-state index contributed by atoms with van der Waals surface area (Å²) in [4.78, 5) is 15.0. The molecule has 2 aromatic carbocycles. The van der Waals surface area contributed by atoms with E-state index >= 15 is 0 Å². The number of carbonyl (C=O) groups is 1. The molecule has 0 bridgehead atoms. The predicted molar refractivity (Wildman–Crippen MR) is 92.5 cm³/mol. The Hall–Kier alpha value is -2.69. The minimum atomic E-state index is -0.115. The summed E-state index contributed by atoms with van der Waals surface area (Å²) < 4.78 is 16.0. The number of amides is 1. The third-order valence-corrected chi connectivity index (χ3v) is 4.29. The highest BCUT2D eigenvalue weighted by Crippen LogP contribution is 2.35. The van der Waals surface area contributed by atoms with Crippen LogP contribution in [0.25, 0.3) is 0 Å². The molecule has 1 heterocycles. The molecule has 0 unspecified atom stereocenters. The van der Waals surface area contributed by atoms with Gasteiger partial charge in [-0.1, -0.05) is 6.07 Å². The van der Waals surface area contributed by atoms with E-state index in [9.17, 15) is 4.79 Å². The Bertz CT molecular complexity index is 735. The van der Waals surface area contributed by atoms with Crippen molar-refractivity contribution in [2.24, 2.45) is 0 Å². The smallest absolute Gasteiger partial charge is 0.265 e. The van der Waals surface area contributed by atoms with Gasteiger partial charge in [0, 0.05) is 12.2 Å². The van der Waals surface area contributed by atoms with Gasteiger partial charge in [0.25, 0.3) is 5.91 Å². The molecule has 0 aromatic heterocycles. The number of hydrogen-bond donors (Lipinski definition) is 0. The van der Waals surface area contributed by atoms with E-state index in [0.717, 1.165) is 29.8 Å². The molecular formula is C19H21NO4. The summed E-state index contributed by atoms with van der Waals surface area (Å²) in [5.74, 6) is 1.72.